The molecule has 0 spiro atoms. The molecule has 0 bridgehead atoms. The topological polar surface area (TPSA) is 96.7 Å². The minimum absolute atomic E-state index is 0.0942. The van der Waals surface area contributed by atoms with Crippen molar-refractivity contribution in [2.75, 3.05) is 26.1 Å². The molecule has 0 saturated carbocycles. The summed E-state index contributed by atoms with van der Waals surface area (Å²) in [5, 5.41) is 0.834. The maximum absolute atomic E-state index is 12.7. The van der Waals surface area contributed by atoms with E-state index < -0.39 is 10.1 Å². The quantitative estimate of drug-likeness (QED) is 0.118. The molecule has 1 aromatic heterocycles. The summed E-state index contributed by atoms with van der Waals surface area (Å²) in [6.07, 6.45) is 6.42. The molecule has 4 rings (SSSR count). The zero-order valence-corrected chi connectivity index (χ0v) is 31.3. The van der Waals surface area contributed by atoms with E-state index in [9.17, 15) is 13.2 Å². The molecule has 47 heavy (non-hydrogen) atoms. The molecule has 0 radical (unpaired) electrons. The van der Waals surface area contributed by atoms with Crippen LogP contribution in [0.15, 0.2) is 90.3 Å². The summed E-state index contributed by atoms with van der Waals surface area (Å²) in [5.41, 5.74) is 1.12. The molecule has 0 fully saturated rings. The first-order valence-electron chi connectivity index (χ1n) is 14.8. The predicted molar refractivity (Wildman–Crippen MR) is 193 cm³/mol. The predicted octanol–water partition coefficient (Wildman–Crippen LogP) is 9.85. The van der Waals surface area contributed by atoms with Crippen LogP contribution in [0.1, 0.15) is 64.4 Å². The summed E-state index contributed by atoms with van der Waals surface area (Å²) in [6, 6.07) is 19.5. The van der Waals surface area contributed by atoms with Gasteiger partial charge in [0.2, 0.25) is 0 Å². The smallest absolute Gasteiger partial charge is 0.264 e. The zero-order chi connectivity index (χ0) is 35.3. The standard InChI is InChI=1S/C22H14Cl2N2O2S.C7H16O.C6H14O3S/c23-16-3-10-21(24)20(13-16)22(27)15-1-4-17(5-2-15)28-18-6-8-19(9-7-18)29-26-12-11-25-14-26;1-5-8-6-7(2,3)4;1-6(2,3)5-9-10(4,7)8/h1-14H;5-6H2,1-4H3;5H2,1-4H3. The second-order valence-corrected chi connectivity index (χ2v) is 16.4. The van der Waals surface area contributed by atoms with E-state index in [-0.39, 0.29) is 17.8 Å². The molecule has 0 unspecified atom stereocenters. The van der Waals surface area contributed by atoms with Gasteiger partial charge in [0.15, 0.2) is 5.78 Å². The highest BCUT2D eigenvalue weighted by Gasteiger charge is 2.15. The van der Waals surface area contributed by atoms with Crippen LogP contribution in [0.2, 0.25) is 10.0 Å². The van der Waals surface area contributed by atoms with Crippen LogP contribution in [0, 0.1) is 10.8 Å². The van der Waals surface area contributed by atoms with Crippen LogP contribution in [0.4, 0.5) is 0 Å². The van der Waals surface area contributed by atoms with Crippen LogP contribution in [-0.4, -0.2) is 49.2 Å². The van der Waals surface area contributed by atoms with Gasteiger partial charge in [0.25, 0.3) is 10.1 Å². The SMILES string of the molecule is CC(C)(C)COS(C)(=O)=O.CCOCC(C)(C)C.O=C(c1ccc(Oc2ccc(Sn3ccnc3)cc2)cc1)c1cc(Cl)ccc1Cl. The van der Waals surface area contributed by atoms with Crippen LogP contribution < -0.4 is 4.74 Å². The second-order valence-electron chi connectivity index (χ2n) is 12.8. The Labute approximate surface area is 294 Å². The van der Waals surface area contributed by atoms with Crippen molar-refractivity contribution in [3.8, 4) is 11.5 Å². The number of ether oxygens (including phenoxy) is 2. The summed E-state index contributed by atoms with van der Waals surface area (Å²) in [7, 11) is -3.26. The van der Waals surface area contributed by atoms with Crippen molar-refractivity contribution < 1.29 is 26.9 Å². The number of hydrogen-bond donors (Lipinski definition) is 0. The lowest BCUT2D eigenvalue weighted by Crippen LogP contribution is -2.17. The first-order chi connectivity index (χ1) is 21.8. The van der Waals surface area contributed by atoms with Gasteiger partial charge in [-0.2, -0.15) is 8.42 Å². The average Bonchev–Trinajstić information content (AvgIpc) is 3.50. The number of rotatable bonds is 10. The molecule has 0 aliphatic carbocycles. The molecule has 256 valence electrons. The highest BCUT2D eigenvalue weighted by atomic mass is 35.5. The van der Waals surface area contributed by atoms with E-state index in [1.807, 2.05) is 62.1 Å². The molecule has 0 aliphatic rings. The summed E-state index contributed by atoms with van der Waals surface area (Å²) < 4.78 is 38.5. The van der Waals surface area contributed by atoms with Crippen molar-refractivity contribution in [1.82, 2.24) is 8.96 Å². The van der Waals surface area contributed by atoms with Gasteiger partial charge in [-0.15, -0.1) is 0 Å². The van der Waals surface area contributed by atoms with Crippen LogP contribution in [0.3, 0.4) is 0 Å². The van der Waals surface area contributed by atoms with Crippen molar-refractivity contribution in [3.05, 3.63) is 107 Å². The Kier molecular flexibility index (Phi) is 16.0. The van der Waals surface area contributed by atoms with Gasteiger partial charge in [-0.3, -0.25) is 13.0 Å². The Morgan fingerprint density at radius 3 is 1.89 bits per heavy atom. The number of nitrogens with zero attached hydrogens (tertiary/aromatic N) is 2. The Bertz CT molecular complexity index is 1630. The van der Waals surface area contributed by atoms with E-state index in [1.165, 1.54) is 0 Å². The van der Waals surface area contributed by atoms with Gasteiger partial charge < -0.3 is 9.47 Å². The summed E-state index contributed by atoms with van der Waals surface area (Å²) in [5.74, 6) is 1.15. The molecule has 4 aromatic rings. The zero-order valence-electron chi connectivity index (χ0n) is 28.1. The van der Waals surface area contributed by atoms with Crippen molar-refractivity contribution in [1.29, 1.82) is 0 Å². The lowest BCUT2D eigenvalue weighted by molar-refractivity contribution is 0.0805. The number of halogens is 2. The molecule has 0 N–H and O–H groups in total. The van der Waals surface area contributed by atoms with E-state index in [2.05, 4.69) is 29.9 Å². The molecule has 0 saturated heterocycles. The highest BCUT2D eigenvalue weighted by Crippen LogP contribution is 2.28. The maximum atomic E-state index is 12.7. The summed E-state index contributed by atoms with van der Waals surface area (Å²) >= 11 is 13.7. The van der Waals surface area contributed by atoms with E-state index in [0.717, 1.165) is 24.4 Å². The van der Waals surface area contributed by atoms with Crippen molar-refractivity contribution in [2.24, 2.45) is 10.8 Å². The average molecular weight is 724 g/mol. The fourth-order valence-corrected chi connectivity index (χ4v) is 4.98. The minimum atomic E-state index is -3.26. The summed E-state index contributed by atoms with van der Waals surface area (Å²) in [6.45, 7) is 16.2. The van der Waals surface area contributed by atoms with Gasteiger partial charge in [0.05, 0.1) is 24.5 Å². The molecule has 0 atom stereocenters. The lowest BCUT2D eigenvalue weighted by atomic mass is 9.99. The number of benzene rings is 3. The van der Waals surface area contributed by atoms with Gasteiger partial charge in [0.1, 0.15) is 17.8 Å². The van der Waals surface area contributed by atoms with Crippen molar-refractivity contribution in [2.45, 2.75) is 53.4 Å². The third-order valence-corrected chi connectivity index (χ3v) is 7.51. The number of hydrogen-bond acceptors (Lipinski definition) is 8. The second kappa shape index (κ2) is 18.6. The third-order valence-electron chi connectivity index (χ3n) is 5.49. The van der Waals surface area contributed by atoms with Crippen LogP contribution in [0.5, 0.6) is 11.5 Å². The van der Waals surface area contributed by atoms with Gasteiger partial charge >= 0.3 is 0 Å². The van der Waals surface area contributed by atoms with Crippen molar-refractivity contribution in [3.63, 3.8) is 0 Å². The van der Waals surface area contributed by atoms with Gasteiger partial charge in [-0.25, -0.2) is 4.98 Å². The molecular weight excluding hydrogens is 679 g/mol. The highest BCUT2D eigenvalue weighted by molar-refractivity contribution is 7.97. The lowest BCUT2D eigenvalue weighted by Gasteiger charge is -2.16. The van der Waals surface area contributed by atoms with Gasteiger partial charge in [-0.05, 0) is 96.4 Å². The maximum Gasteiger partial charge on any atom is 0.264 e. The Morgan fingerprint density at radius 1 is 0.872 bits per heavy atom. The number of carbonyl (C=O) groups is 1. The van der Waals surface area contributed by atoms with E-state index in [1.54, 1.807) is 66.9 Å². The first kappa shape index (κ1) is 40.3. The number of carbonyl (C=O) groups excluding carboxylic acids is 1. The van der Waals surface area contributed by atoms with E-state index >= 15 is 0 Å². The Morgan fingerprint density at radius 2 is 1.45 bits per heavy atom. The van der Waals surface area contributed by atoms with Gasteiger partial charge in [0, 0.05) is 40.0 Å². The summed E-state index contributed by atoms with van der Waals surface area (Å²) in [4.78, 5) is 17.7. The third kappa shape index (κ3) is 17.2. The number of ketones is 1. The Hall–Kier alpha value is -2.86. The molecule has 0 aliphatic heterocycles. The Balaban J connectivity index is 0.000000352. The molecular formula is C35H44Cl2N2O6S2. The largest absolute Gasteiger partial charge is 0.457 e. The monoisotopic (exact) mass is 722 g/mol. The van der Waals surface area contributed by atoms with Crippen LogP contribution >= 0.6 is 35.1 Å². The van der Waals surface area contributed by atoms with E-state index in [0.29, 0.717) is 38.1 Å². The fraction of sp³-hybridized carbons (Fsp3) is 0.371. The minimum Gasteiger partial charge on any atom is -0.457 e. The molecule has 3 aromatic carbocycles. The number of aromatic nitrogens is 2. The van der Waals surface area contributed by atoms with Crippen molar-refractivity contribution >= 4 is 51.1 Å². The molecule has 8 nitrogen and oxygen atoms in total. The van der Waals surface area contributed by atoms with Crippen LogP contribution in [0.25, 0.3) is 0 Å². The van der Waals surface area contributed by atoms with Crippen LogP contribution in [-0.2, 0) is 19.0 Å². The first-order valence-corrected chi connectivity index (χ1v) is 18.2. The van der Waals surface area contributed by atoms with E-state index in [4.69, 9.17) is 32.7 Å². The molecule has 0 amide bonds. The normalized spacial score (nSPS) is 11.5. The van der Waals surface area contributed by atoms with Gasteiger partial charge in [-0.1, -0.05) is 64.7 Å². The molecule has 12 heteroatoms. The number of imidazole rings is 1. The fourth-order valence-electron chi connectivity index (χ4n) is 3.32. The molecule has 1 heterocycles.